The van der Waals surface area contributed by atoms with Gasteiger partial charge in [-0.2, -0.15) is 5.10 Å². The fraction of sp³-hybridized carbons (Fsp3) is 0.444. The Balaban J connectivity index is 1.37. The quantitative estimate of drug-likeness (QED) is 0.412. The van der Waals surface area contributed by atoms with Crippen molar-refractivity contribution >= 4 is 29.0 Å². The predicted octanol–water partition coefficient (Wildman–Crippen LogP) is 4.53. The summed E-state index contributed by atoms with van der Waals surface area (Å²) in [7, 11) is 0. The van der Waals surface area contributed by atoms with E-state index in [1.807, 2.05) is 45.2 Å². The molecule has 4 aromatic rings. The second-order valence-corrected chi connectivity index (χ2v) is 10.8. The van der Waals surface area contributed by atoms with E-state index in [2.05, 4.69) is 15.4 Å². The van der Waals surface area contributed by atoms with Crippen LogP contribution in [0.15, 0.2) is 43.1 Å². The number of hydrogen-bond donors (Lipinski definition) is 1. The molecule has 2 amide bonds. The smallest absolute Gasteiger partial charge is 0.410 e. The molecule has 1 fully saturated rings. The Labute approximate surface area is 220 Å². The van der Waals surface area contributed by atoms with Crippen molar-refractivity contribution in [3.05, 3.63) is 54.4 Å². The highest BCUT2D eigenvalue weighted by Gasteiger charge is 2.29. The van der Waals surface area contributed by atoms with Gasteiger partial charge in [0.2, 0.25) is 0 Å². The average molecular weight is 520 g/mol. The molecule has 5 rings (SSSR count). The van der Waals surface area contributed by atoms with Gasteiger partial charge in [0.15, 0.2) is 5.65 Å². The lowest BCUT2D eigenvalue weighted by Crippen LogP contribution is -2.41. The highest BCUT2D eigenvalue weighted by atomic mass is 16.6. The Hall–Kier alpha value is -4.15. The van der Waals surface area contributed by atoms with Crippen LogP contribution in [0.2, 0.25) is 0 Å². The molecule has 0 bridgehead atoms. The fourth-order valence-electron chi connectivity index (χ4n) is 4.54. The number of carbonyl (C=O) groups excluding carboxylic acids is 2. The number of likely N-dealkylation sites (tertiary alicyclic amines) is 1. The number of carbonyl (C=O) groups is 2. The Bertz CT molecular complexity index is 1480. The molecular weight excluding hydrogens is 486 g/mol. The molecule has 1 N–H and O–H groups in total. The van der Waals surface area contributed by atoms with Crippen LogP contribution in [-0.2, 0) is 4.74 Å². The zero-order chi connectivity index (χ0) is 27.0. The van der Waals surface area contributed by atoms with E-state index in [1.54, 1.807) is 46.3 Å². The minimum absolute atomic E-state index is 0.130. The summed E-state index contributed by atoms with van der Waals surface area (Å²) in [6, 6.07) is 3.56. The molecular formula is C27H33N7O4. The SMILES string of the molecule is CC(C)Oc1cc2nc(C3CCN(C(=O)OC(C)(C)C)CC3)cn2cc1C(=O)Nc1cnn2cccnc12. The summed E-state index contributed by atoms with van der Waals surface area (Å²) in [5.74, 6) is 0.320. The lowest BCUT2D eigenvalue weighted by Gasteiger charge is -2.32. The number of anilines is 1. The third-order valence-corrected chi connectivity index (χ3v) is 6.27. The van der Waals surface area contributed by atoms with Crippen LogP contribution in [0.3, 0.4) is 0 Å². The van der Waals surface area contributed by atoms with Crippen molar-refractivity contribution in [2.45, 2.75) is 65.1 Å². The second kappa shape index (κ2) is 9.96. The topological polar surface area (TPSA) is 115 Å². The Kier molecular flexibility index (Phi) is 6.68. The summed E-state index contributed by atoms with van der Waals surface area (Å²) < 4.78 is 15.0. The Morgan fingerprint density at radius 2 is 1.92 bits per heavy atom. The minimum Gasteiger partial charge on any atom is -0.490 e. The van der Waals surface area contributed by atoms with Crippen molar-refractivity contribution in [2.24, 2.45) is 0 Å². The first kappa shape index (κ1) is 25.5. The average Bonchev–Trinajstić information content (AvgIpc) is 3.46. The number of nitrogens with one attached hydrogen (secondary N) is 1. The first-order valence-corrected chi connectivity index (χ1v) is 12.8. The first-order chi connectivity index (χ1) is 18.1. The number of rotatable bonds is 5. The largest absolute Gasteiger partial charge is 0.490 e. The molecule has 0 atom stereocenters. The summed E-state index contributed by atoms with van der Waals surface area (Å²) in [4.78, 5) is 36.7. The molecule has 1 saturated heterocycles. The van der Waals surface area contributed by atoms with Crippen LogP contribution in [0, 0.1) is 0 Å². The van der Waals surface area contributed by atoms with Crippen molar-refractivity contribution in [3.8, 4) is 5.75 Å². The van der Waals surface area contributed by atoms with Gasteiger partial charge in [0, 0.05) is 49.9 Å². The van der Waals surface area contributed by atoms with E-state index in [-0.39, 0.29) is 24.0 Å². The van der Waals surface area contributed by atoms with Crippen LogP contribution in [0.4, 0.5) is 10.5 Å². The lowest BCUT2D eigenvalue weighted by atomic mass is 9.94. The number of imidazole rings is 1. The third-order valence-electron chi connectivity index (χ3n) is 6.27. The molecule has 0 aromatic carbocycles. The highest BCUT2D eigenvalue weighted by molar-refractivity contribution is 6.07. The molecule has 0 spiro atoms. The normalized spacial score (nSPS) is 14.8. The van der Waals surface area contributed by atoms with Gasteiger partial charge in [-0.15, -0.1) is 0 Å². The fourth-order valence-corrected chi connectivity index (χ4v) is 4.54. The molecule has 0 saturated carbocycles. The number of nitrogens with zero attached hydrogens (tertiary/aromatic N) is 6. The van der Waals surface area contributed by atoms with E-state index in [0.29, 0.717) is 41.4 Å². The van der Waals surface area contributed by atoms with Crippen molar-refractivity contribution in [1.82, 2.24) is 28.9 Å². The van der Waals surface area contributed by atoms with Gasteiger partial charge in [-0.3, -0.25) is 4.79 Å². The summed E-state index contributed by atoms with van der Waals surface area (Å²) in [5, 5.41) is 7.15. The number of pyridine rings is 1. The third kappa shape index (κ3) is 5.41. The maximum atomic E-state index is 13.4. The van der Waals surface area contributed by atoms with Crippen molar-refractivity contribution < 1.29 is 19.1 Å². The summed E-state index contributed by atoms with van der Waals surface area (Å²) >= 11 is 0. The zero-order valence-corrected chi connectivity index (χ0v) is 22.3. The maximum Gasteiger partial charge on any atom is 0.410 e. The van der Waals surface area contributed by atoms with Crippen LogP contribution in [0.5, 0.6) is 5.75 Å². The number of ether oxygens (including phenoxy) is 2. The van der Waals surface area contributed by atoms with Gasteiger partial charge in [0.25, 0.3) is 5.91 Å². The first-order valence-electron chi connectivity index (χ1n) is 12.8. The van der Waals surface area contributed by atoms with Gasteiger partial charge in [-0.25, -0.2) is 19.3 Å². The van der Waals surface area contributed by atoms with Gasteiger partial charge in [-0.05, 0) is 53.5 Å². The summed E-state index contributed by atoms with van der Waals surface area (Å²) in [6.07, 6.45) is 9.85. The van der Waals surface area contributed by atoms with Gasteiger partial charge in [-0.1, -0.05) is 0 Å². The van der Waals surface area contributed by atoms with Crippen LogP contribution >= 0.6 is 0 Å². The molecule has 0 aliphatic carbocycles. The van der Waals surface area contributed by atoms with Crippen molar-refractivity contribution in [1.29, 1.82) is 0 Å². The molecule has 0 radical (unpaired) electrons. The lowest BCUT2D eigenvalue weighted by molar-refractivity contribution is 0.0204. The number of piperidine rings is 1. The Morgan fingerprint density at radius 1 is 1.16 bits per heavy atom. The van der Waals surface area contributed by atoms with E-state index < -0.39 is 5.60 Å². The molecule has 200 valence electrons. The molecule has 0 unspecified atom stereocenters. The van der Waals surface area contributed by atoms with Crippen LogP contribution in [0.1, 0.15) is 69.4 Å². The molecule has 11 heteroatoms. The maximum absolute atomic E-state index is 13.4. The van der Waals surface area contributed by atoms with Crippen LogP contribution in [0.25, 0.3) is 11.3 Å². The molecule has 5 heterocycles. The minimum atomic E-state index is -0.517. The van der Waals surface area contributed by atoms with E-state index in [1.165, 1.54) is 0 Å². The standard InChI is InChI=1S/C27H33N7O4/c1-17(2)37-22-13-23-30-21(18-7-11-32(12-8-18)26(36)38-27(3,4)5)16-33(23)15-19(22)25(35)31-20-14-29-34-10-6-9-28-24(20)34/h6,9-10,13-18H,7-8,11-12H2,1-5H3,(H,31,35). The molecule has 38 heavy (non-hydrogen) atoms. The number of fused-ring (bicyclic) bond motifs is 2. The number of amides is 2. The molecule has 1 aliphatic rings. The van der Waals surface area contributed by atoms with E-state index >= 15 is 0 Å². The van der Waals surface area contributed by atoms with Gasteiger partial charge >= 0.3 is 6.09 Å². The molecule has 4 aromatic heterocycles. The summed E-state index contributed by atoms with van der Waals surface area (Å²) in [6.45, 7) is 10.7. The van der Waals surface area contributed by atoms with Crippen LogP contribution in [-0.4, -0.2) is 65.7 Å². The van der Waals surface area contributed by atoms with E-state index in [4.69, 9.17) is 14.5 Å². The summed E-state index contributed by atoms with van der Waals surface area (Å²) in [5.41, 5.74) is 2.54. The van der Waals surface area contributed by atoms with Crippen LogP contribution < -0.4 is 10.1 Å². The van der Waals surface area contributed by atoms with Crippen molar-refractivity contribution in [3.63, 3.8) is 0 Å². The number of aromatic nitrogens is 5. The number of hydrogen-bond acceptors (Lipinski definition) is 7. The highest BCUT2D eigenvalue weighted by Crippen LogP contribution is 2.31. The zero-order valence-electron chi connectivity index (χ0n) is 22.3. The van der Waals surface area contributed by atoms with Gasteiger partial charge < -0.3 is 24.1 Å². The molecule has 1 aliphatic heterocycles. The monoisotopic (exact) mass is 519 g/mol. The van der Waals surface area contributed by atoms with Crippen molar-refractivity contribution in [2.75, 3.05) is 18.4 Å². The van der Waals surface area contributed by atoms with E-state index in [0.717, 1.165) is 18.5 Å². The predicted molar refractivity (Wildman–Crippen MR) is 142 cm³/mol. The van der Waals surface area contributed by atoms with E-state index in [9.17, 15) is 9.59 Å². The Morgan fingerprint density at radius 3 is 2.63 bits per heavy atom. The molecule has 11 nitrogen and oxygen atoms in total. The van der Waals surface area contributed by atoms with Gasteiger partial charge in [0.1, 0.15) is 22.7 Å². The second-order valence-electron chi connectivity index (χ2n) is 10.8. The van der Waals surface area contributed by atoms with Gasteiger partial charge in [0.05, 0.1) is 23.6 Å².